The highest BCUT2D eigenvalue weighted by atomic mass is 16.6. The lowest BCUT2D eigenvalue weighted by molar-refractivity contribution is -0.0228. The normalized spacial score (nSPS) is 27.2. The zero-order valence-electron chi connectivity index (χ0n) is 9.75. The Balaban J connectivity index is 2.36. The third-order valence-electron chi connectivity index (χ3n) is 2.40. The van der Waals surface area contributed by atoms with Gasteiger partial charge in [0.1, 0.15) is 6.10 Å². The predicted molar refractivity (Wildman–Crippen MR) is 57.6 cm³/mol. The molecule has 1 fully saturated rings. The molecule has 1 aliphatic rings. The standard InChI is InChI=1S/C11H21NO3/c1-11(2,3)12-10(14)15-9-7-5-4-6-8(9)13/h8-9,13H,4-7H2,1-3H3,(H,12,14)/t8-,9+/m0/s1. The van der Waals surface area contributed by atoms with Crippen LogP contribution >= 0.6 is 0 Å². The third kappa shape index (κ3) is 4.51. The van der Waals surface area contributed by atoms with Gasteiger partial charge in [-0.2, -0.15) is 0 Å². The lowest BCUT2D eigenvalue weighted by atomic mass is 9.95. The molecule has 1 amide bonds. The van der Waals surface area contributed by atoms with Crippen LogP contribution in [0.3, 0.4) is 0 Å². The number of carbonyl (C=O) groups is 1. The number of nitrogens with one attached hydrogen (secondary N) is 1. The van der Waals surface area contributed by atoms with Gasteiger partial charge in [0.2, 0.25) is 0 Å². The fourth-order valence-corrected chi connectivity index (χ4v) is 1.69. The Bertz CT molecular complexity index is 222. The van der Waals surface area contributed by atoms with Gasteiger partial charge in [-0.3, -0.25) is 0 Å². The highest BCUT2D eigenvalue weighted by molar-refractivity contribution is 5.68. The number of alkyl carbamates (subject to hydrolysis) is 1. The number of aliphatic hydroxyl groups is 1. The van der Waals surface area contributed by atoms with Crippen molar-refractivity contribution in [3.8, 4) is 0 Å². The quantitative estimate of drug-likeness (QED) is 0.701. The third-order valence-corrected chi connectivity index (χ3v) is 2.40. The van der Waals surface area contributed by atoms with Crippen molar-refractivity contribution in [3.05, 3.63) is 0 Å². The second-order valence-electron chi connectivity index (χ2n) is 5.17. The van der Waals surface area contributed by atoms with Gasteiger partial charge in [-0.25, -0.2) is 4.79 Å². The number of rotatable bonds is 1. The molecule has 0 aromatic carbocycles. The van der Waals surface area contributed by atoms with Crippen LogP contribution in [0.1, 0.15) is 46.5 Å². The van der Waals surface area contributed by atoms with Crippen LogP contribution in [0.4, 0.5) is 4.79 Å². The number of hydrogen-bond acceptors (Lipinski definition) is 3. The van der Waals surface area contributed by atoms with E-state index in [0.717, 1.165) is 25.7 Å². The highest BCUT2D eigenvalue weighted by Crippen LogP contribution is 2.21. The minimum absolute atomic E-state index is 0.295. The van der Waals surface area contributed by atoms with Crippen LogP contribution in [0, 0.1) is 0 Å². The summed E-state index contributed by atoms with van der Waals surface area (Å²) in [6.07, 6.45) is 2.26. The van der Waals surface area contributed by atoms with Crippen LogP contribution in [-0.4, -0.2) is 28.9 Å². The zero-order valence-corrected chi connectivity index (χ0v) is 9.75. The summed E-state index contributed by atoms with van der Waals surface area (Å²) in [4.78, 5) is 11.4. The summed E-state index contributed by atoms with van der Waals surface area (Å²) in [5.74, 6) is 0. The topological polar surface area (TPSA) is 58.6 Å². The van der Waals surface area contributed by atoms with E-state index < -0.39 is 12.2 Å². The van der Waals surface area contributed by atoms with Gasteiger partial charge in [0, 0.05) is 5.54 Å². The van der Waals surface area contributed by atoms with Crippen molar-refractivity contribution in [2.24, 2.45) is 0 Å². The van der Waals surface area contributed by atoms with Crippen molar-refractivity contribution in [2.75, 3.05) is 0 Å². The van der Waals surface area contributed by atoms with Gasteiger partial charge in [-0.15, -0.1) is 0 Å². The molecular weight excluding hydrogens is 194 g/mol. The minimum Gasteiger partial charge on any atom is -0.443 e. The maximum atomic E-state index is 11.4. The van der Waals surface area contributed by atoms with Crippen molar-refractivity contribution < 1.29 is 14.6 Å². The molecular formula is C11H21NO3. The van der Waals surface area contributed by atoms with Gasteiger partial charge in [-0.1, -0.05) is 6.42 Å². The van der Waals surface area contributed by atoms with E-state index >= 15 is 0 Å². The summed E-state index contributed by atoms with van der Waals surface area (Å²) in [6.45, 7) is 5.68. The molecule has 2 atom stereocenters. The number of carbonyl (C=O) groups excluding carboxylic acids is 1. The van der Waals surface area contributed by atoms with E-state index in [1.54, 1.807) is 0 Å². The van der Waals surface area contributed by atoms with E-state index in [-0.39, 0.29) is 11.6 Å². The molecule has 0 heterocycles. The first-order valence-electron chi connectivity index (χ1n) is 5.55. The molecule has 0 saturated heterocycles. The van der Waals surface area contributed by atoms with Gasteiger partial charge in [-0.05, 0) is 40.0 Å². The molecule has 4 heteroatoms. The maximum absolute atomic E-state index is 11.4. The van der Waals surface area contributed by atoms with E-state index in [2.05, 4.69) is 5.32 Å². The molecule has 1 rings (SSSR count). The molecule has 2 N–H and O–H groups in total. The van der Waals surface area contributed by atoms with Gasteiger partial charge in [0.25, 0.3) is 0 Å². The number of hydrogen-bond donors (Lipinski definition) is 2. The Morgan fingerprint density at radius 3 is 2.47 bits per heavy atom. The van der Waals surface area contributed by atoms with Gasteiger partial charge < -0.3 is 15.2 Å². The van der Waals surface area contributed by atoms with Crippen molar-refractivity contribution in [1.29, 1.82) is 0 Å². The number of aliphatic hydroxyl groups excluding tert-OH is 1. The highest BCUT2D eigenvalue weighted by Gasteiger charge is 2.27. The molecule has 0 aliphatic heterocycles. The summed E-state index contributed by atoms with van der Waals surface area (Å²) >= 11 is 0. The van der Waals surface area contributed by atoms with Crippen LogP contribution in [0.25, 0.3) is 0 Å². The summed E-state index contributed by atoms with van der Waals surface area (Å²) in [5, 5.41) is 12.3. The lowest BCUT2D eigenvalue weighted by Gasteiger charge is -2.29. The molecule has 0 aromatic heterocycles. The molecule has 0 radical (unpaired) electrons. The first kappa shape index (κ1) is 12.3. The number of ether oxygens (including phenoxy) is 1. The Hall–Kier alpha value is -0.770. The van der Waals surface area contributed by atoms with E-state index in [1.165, 1.54) is 0 Å². The van der Waals surface area contributed by atoms with Crippen LogP contribution in [0.2, 0.25) is 0 Å². The molecule has 0 unspecified atom stereocenters. The second kappa shape index (κ2) is 4.84. The average molecular weight is 215 g/mol. The molecule has 0 aromatic rings. The van der Waals surface area contributed by atoms with Crippen molar-refractivity contribution in [3.63, 3.8) is 0 Å². The molecule has 0 bridgehead atoms. The van der Waals surface area contributed by atoms with Crippen LogP contribution in [-0.2, 0) is 4.74 Å². The smallest absolute Gasteiger partial charge is 0.407 e. The van der Waals surface area contributed by atoms with E-state index in [1.807, 2.05) is 20.8 Å². The van der Waals surface area contributed by atoms with E-state index in [9.17, 15) is 9.90 Å². The summed E-state index contributed by atoms with van der Waals surface area (Å²) in [5.41, 5.74) is -0.295. The predicted octanol–water partition coefficient (Wildman–Crippen LogP) is 1.81. The van der Waals surface area contributed by atoms with Gasteiger partial charge in [0.05, 0.1) is 6.10 Å². The molecule has 4 nitrogen and oxygen atoms in total. The summed E-state index contributed by atoms with van der Waals surface area (Å²) in [6, 6.07) is 0. The van der Waals surface area contributed by atoms with Crippen LogP contribution in [0.5, 0.6) is 0 Å². The fraction of sp³-hybridized carbons (Fsp3) is 0.909. The Kier molecular flexibility index (Phi) is 3.97. The van der Waals surface area contributed by atoms with Crippen LogP contribution in [0.15, 0.2) is 0 Å². The minimum atomic E-state index is -0.496. The molecule has 15 heavy (non-hydrogen) atoms. The van der Waals surface area contributed by atoms with Crippen molar-refractivity contribution in [2.45, 2.75) is 64.2 Å². The molecule has 88 valence electrons. The Morgan fingerprint density at radius 2 is 1.93 bits per heavy atom. The fourth-order valence-electron chi connectivity index (χ4n) is 1.69. The molecule has 0 spiro atoms. The Morgan fingerprint density at radius 1 is 1.33 bits per heavy atom. The monoisotopic (exact) mass is 215 g/mol. The summed E-state index contributed by atoms with van der Waals surface area (Å²) < 4.78 is 5.18. The zero-order chi connectivity index (χ0) is 11.5. The Labute approximate surface area is 91.0 Å². The van der Waals surface area contributed by atoms with E-state index in [0.29, 0.717) is 0 Å². The van der Waals surface area contributed by atoms with Crippen molar-refractivity contribution >= 4 is 6.09 Å². The number of amides is 1. The second-order valence-corrected chi connectivity index (χ2v) is 5.17. The van der Waals surface area contributed by atoms with Crippen molar-refractivity contribution in [1.82, 2.24) is 5.32 Å². The van der Waals surface area contributed by atoms with Crippen LogP contribution < -0.4 is 5.32 Å². The van der Waals surface area contributed by atoms with Gasteiger partial charge in [0.15, 0.2) is 0 Å². The first-order valence-corrected chi connectivity index (χ1v) is 5.55. The SMILES string of the molecule is CC(C)(C)NC(=O)O[C@@H]1CCCC[C@@H]1O. The molecule has 1 aliphatic carbocycles. The summed E-state index contributed by atoms with van der Waals surface area (Å²) in [7, 11) is 0. The first-order chi connectivity index (χ1) is 6.88. The average Bonchev–Trinajstić information content (AvgIpc) is 2.05. The largest absolute Gasteiger partial charge is 0.443 e. The lowest BCUT2D eigenvalue weighted by Crippen LogP contribution is -2.44. The maximum Gasteiger partial charge on any atom is 0.407 e. The van der Waals surface area contributed by atoms with Gasteiger partial charge >= 0.3 is 6.09 Å². The molecule has 1 saturated carbocycles. The van der Waals surface area contributed by atoms with E-state index in [4.69, 9.17) is 4.74 Å².